The lowest BCUT2D eigenvalue weighted by Crippen LogP contribution is -2.15. The monoisotopic (exact) mass is 404 g/mol. The molecule has 2 aromatic carbocycles. The number of rotatable bonds is 7. The second-order valence-corrected chi connectivity index (χ2v) is 7.56. The number of halogens is 2. The number of ether oxygens (including phenoxy) is 1. The maximum absolute atomic E-state index is 13.8. The molecule has 1 aromatic heterocycles. The zero-order valence-electron chi connectivity index (χ0n) is 15.5. The van der Waals surface area contributed by atoms with E-state index in [0.717, 1.165) is 40.8 Å². The van der Waals surface area contributed by atoms with E-state index in [-0.39, 0.29) is 23.3 Å². The molecule has 0 aliphatic rings. The number of aromatic nitrogens is 2. The van der Waals surface area contributed by atoms with Crippen LogP contribution in [0, 0.1) is 25.5 Å². The zero-order chi connectivity index (χ0) is 20.3. The van der Waals surface area contributed by atoms with Crippen molar-refractivity contribution in [2.24, 2.45) is 0 Å². The highest BCUT2D eigenvalue weighted by Gasteiger charge is 2.22. The summed E-state index contributed by atoms with van der Waals surface area (Å²) in [6.07, 6.45) is 0. The number of carbonyl (C=O) groups excluding carboxylic acids is 1. The molecular weight excluding hydrogens is 386 g/mol. The summed E-state index contributed by atoms with van der Waals surface area (Å²) in [7, 11) is 0. The Balaban J connectivity index is 1.62. The average molecular weight is 404 g/mol. The van der Waals surface area contributed by atoms with Crippen molar-refractivity contribution in [2.75, 3.05) is 0 Å². The van der Waals surface area contributed by atoms with Crippen LogP contribution in [0.15, 0.2) is 46.0 Å². The van der Waals surface area contributed by atoms with E-state index in [4.69, 9.17) is 9.15 Å². The first kappa shape index (κ1) is 20.0. The van der Waals surface area contributed by atoms with E-state index in [9.17, 15) is 13.6 Å². The van der Waals surface area contributed by atoms with Crippen LogP contribution in [-0.4, -0.2) is 21.2 Å². The summed E-state index contributed by atoms with van der Waals surface area (Å²) >= 11 is 1.00. The Morgan fingerprint density at radius 1 is 1.18 bits per heavy atom. The van der Waals surface area contributed by atoms with Crippen molar-refractivity contribution in [3.8, 4) is 5.75 Å². The maximum atomic E-state index is 13.8. The van der Waals surface area contributed by atoms with Crippen LogP contribution in [0.1, 0.15) is 34.3 Å². The Hall–Kier alpha value is -2.74. The standard InChI is InChI=1S/C20H18F2N2O3S/c1-11-4-5-12(2)17(8-11)26-10-18-23-24-20(27-18)28-13(3)19(25)15-7-6-14(21)9-16(15)22/h4-9,13H,10H2,1-3H3. The molecule has 8 heteroatoms. The highest BCUT2D eigenvalue weighted by atomic mass is 32.2. The Morgan fingerprint density at radius 3 is 2.71 bits per heavy atom. The van der Waals surface area contributed by atoms with Crippen molar-refractivity contribution >= 4 is 17.5 Å². The predicted octanol–water partition coefficient (Wildman–Crippen LogP) is 4.91. The SMILES string of the molecule is Cc1ccc(C)c(OCc2nnc(SC(C)C(=O)c3ccc(F)cc3F)o2)c1. The molecule has 0 bridgehead atoms. The lowest BCUT2D eigenvalue weighted by atomic mass is 10.1. The van der Waals surface area contributed by atoms with Crippen molar-refractivity contribution in [1.82, 2.24) is 10.2 Å². The highest BCUT2D eigenvalue weighted by molar-refractivity contribution is 8.00. The minimum absolute atomic E-state index is 0.0901. The molecule has 0 N–H and O–H groups in total. The molecule has 0 spiro atoms. The van der Waals surface area contributed by atoms with Crippen molar-refractivity contribution in [1.29, 1.82) is 0 Å². The minimum Gasteiger partial charge on any atom is -0.484 e. The van der Waals surface area contributed by atoms with Gasteiger partial charge in [-0.15, -0.1) is 10.2 Å². The van der Waals surface area contributed by atoms with Crippen LogP contribution in [0.5, 0.6) is 5.75 Å². The quantitative estimate of drug-likeness (QED) is 0.412. The number of thioether (sulfide) groups is 1. The summed E-state index contributed by atoms with van der Waals surface area (Å²) in [6, 6.07) is 8.72. The lowest BCUT2D eigenvalue weighted by molar-refractivity contribution is 0.0989. The highest BCUT2D eigenvalue weighted by Crippen LogP contribution is 2.26. The minimum atomic E-state index is -0.898. The van der Waals surface area contributed by atoms with Gasteiger partial charge in [-0.05, 0) is 50.1 Å². The van der Waals surface area contributed by atoms with Crippen molar-refractivity contribution in [3.05, 3.63) is 70.6 Å². The molecule has 146 valence electrons. The normalized spacial score (nSPS) is 12.0. The molecule has 3 rings (SSSR count). The van der Waals surface area contributed by atoms with E-state index < -0.39 is 22.7 Å². The molecule has 28 heavy (non-hydrogen) atoms. The maximum Gasteiger partial charge on any atom is 0.277 e. The number of hydrogen-bond donors (Lipinski definition) is 0. The molecule has 0 saturated heterocycles. The summed E-state index contributed by atoms with van der Waals surface area (Å²) < 4.78 is 38.0. The van der Waals surface area contributed by atoms with Gasteiger partial charge in [0.15, 0.2) is 12.4 Å². The van der Waals surface area contributed by atoms with Crippen LogP contribution in [0.2, 0.25) is 0 Å². The zero-order valence-corrected chi connectivity index (χ0v) is 16.3. The van der Waals surface area contributed by atoms with E-state index in [1.807, 2.05) is 32.0 Å². The predicted molar refractivity (Wildman–Crippen MR) is 101 cm³/mol. The first-order valence-corrected chi connectivity index (χ1v) is 9.40. The van der Waals surface area contributed by atoms with Crippen LogP contribution < -0.4 is 4.74 Å². The Labute approximate surface area is 165 Å². The smallest absolute Gasteiger partial charge is 0.277 e. The molecule has 0 aliphatic heterocycles. The van der Waals surface area contributed by atoms with Crippen LogP contribution >= 0.6 is 11.8 Å². The fourth-order valence-corrected chi connectivity index (χ4v) is 3.23. The number of aryl methyl sites for hydroxylation is 2. The van der Waals surface area contributed by atoms with E-state index >= 15 is 0 Å². The molecule has 1 atom stereocenters. The summed E-state index contributed by atoms with van der Waals surface area (Å²) in [6.45, 7) is 5.58. The third kappa shape index (κ3) is 4.75. The number of Topliss-reactive ketones (excluding diaryl/α,β-unsaturated/α-hetero) is 1. The van der Waals surface area contributed by atoms with Gasteiger partial charge in [-0.25, -0.2) is 8.78 Å². The van der Waals surface area contributed by atoms with Crippen LogP contribution in [0.25, 0.3) is 0 Å². The lowest BCUT2D eigenvalue weighted by Gasteiger charge is -2.08. The third-order valence-corrected chi connectivity index (χ3v) is 4.92. The molecule has 3 aromatic rings. The first-order valence-electron chi connectivity index (χ1n) is 8.52. The third-order valence-electron chi connectivity index (χ3n) is 3.99. The Morgan fingerprint density at radius 2 is 1.96 bits per heavy atom. The van der Waals surface area contributed by atoms with Crippen LogP contribution in [0.3, 0.4) is 0 Å². The Kier molecular flexibility index (Phi) is 6.08. The second kappa shape index (κ2) is 8.52. The number of carbonyl (C=O) groups is 1. The summed E-state index contributed by atoms with van der Waals surface area (Å²) in [5.74, 6) is -1.14. The van der Waals surface area contributed by atoms with Gasteiger partial charge in [-0.2, -0.15) is 0 Å². The van der Waals surface area contributed by atoms with Gasteiger partial charge in [0.25, 0.3) is 11.1 Å². The van der Waals surface area contributed by atoms with E-state index in [0.29, 0.717) is 6.07 Å². The Bertz CT molecular complexity index is 1010. The van der Waals surface area contributed by atoms with Gasteiger partial charge >= 0.3 is 0 Å². The van der Waals surface area contributed by atoms with Gasteiger partial charge in [0.1, 0.15) is 17.4 Å². The van der Waals surface area contributed by atoms with E-state index in [1.54, 1.807) is 6.92 Å². The molecular formula is C20H18F2N2O3S. The molecule has 0 saturated carbocycles. The van der Waals surface area contributed by atoms with Gasteiger partial charge in [0.05, 0.1) is 10.8 Å². The van der Waals surface area contributed by atoms with Crippen molar-refractivity contribution in [3.63, 3.8) is 0 Å². The van der Waals surface area contributed by atoms with Gasteiger partial charge in [0, 0.05) is 6.07 Å². The van der Waals surface area contributed by atoms with Gasteiger partial charge in [0.2, 0.25) is 0 Å². The molecule has 0 fully saturated rings. The second-order valence-electron chi connectivity index (χ2n) is 6.27. The number of ketones is 1. The number of nitrogens with zero attached hydrogens (tertiary/aromatic N) is 2. The van der Waals surface area contributed by atoms with Gasteiger partial charge in [-0.3, -0.25) is 4.79 Å². The van der Waals surface area contributed by atoms with Gasteiger partial charge < -0.3 is 9.15 Å². The summed E-state index contributed by atoms with van der Waals surface area (Å²) in [5.41, 5.74) is 1.88. The molecule has 0 radical (unpaired) electrons. The fourth-order valence-electron chi connectivity index (χ4n) is 2.46. The van der Waals surface area contributed by atoms with Crippen molar-refractivity contribution in [2.45, 2.75) is 37.9 Å². The number of hydrogen-bond acceptors (Lipinski definition) is 6. The van der Waals surface area contributed by atoms with E-state index in [1.165, 1.54) is 0 Å². The van der Waals surface area contributed by atoms with E-state index in [2.05, 4.69) is 10.2 Å². The topological polar surface area (TPSA) is 65.2 Å². The number of benzene rings is 2. The first-order chi connectivity index (χ1) is 13.3. The molecule has 1 unspecified atom stereocenters. The van der Waals surface area contributed by atoms with Gasteiger partial charge in [-0.1, -0.05) is 23.9 Å². The molecule has 0 aliphatic carbocycles. The van der Waals surface area contributed by atoms with Crippen LogP contribution in [-0.2, 0) is 6.61 Å². The average Bonchev–Trinajstić information content (AvgIpc) is 3.09. The summed E-state index contributed by atoms with van der Waals surface area (Å²) in [5, 5.41) is 7.26. The summed E-state index contributed by atoms with van der Waals surface area (Å²) in [4.78, 5) is 12.4. The molecule has 5 nitrogen and oxygen atoms in total. The fraction of sp³-hybridized carbons (Fsp3) is 0.250. The largest absolute Gasteiger partial charge is 0.484 e. The van der Waals surface area contributed by atoms with Crippen LogP contribution in [0.4, 0.5) is 8.78 Å². The molecule has 0 amide bonds. The molecule has 1 heterocycles. The van der Waals surface area contributed by atoms with Crippen molar-refractivity contribution < 1.29 is 22.7 Å².